The standard InChI is InChI=1S/C28H34N4O5/c1-5-37-28(35)17-21-16-26(33)32(24-15-20(3)19(2)14-22(24)29-21)18-27(34)31-12-10-30(11-13-31)23-8-6-7-9-25(23)36-4/h6-9,14-16,29H,5,10-13,17-18H2,1-4H3. The average molecular weight is 507 g/mol. The monoisotopic (exact) mass is 506 g/mol. The lowest BCUT2D eigenvalue weighted by molar-refractivity contribution is -0.142. The lowest BCUT2D eigenvalue weighted by Crippen LogP contribution is -2.52. The van der Waals surface area contributed by atoms with Crippen LogP contribution in [0.1, 0.15) is 24.5 Å². The van der Waals surface area contributed by atoms with Gasteiger partial charge in [-0.25, -0.2) is 0 Å². The topological polar surface area (TPSA) is 91.4 Å². The highest BCUT2D eigenvalue weighted by Gasteiger charge is 2.29. The van der Waals surface area contributed by atoms with Gasteiger partial charge in [0.2, 0.25) is 5.91 Å². The van der Waals surface area contributed by atoms with Crippen molar-refractivity contribution in [3.05, 3.63) is 59.3 Å². The van der Waals surface area contributed by atoms with Gasteiger partial charge in [-0.05, 0) is 56.2 Å². The summed E-state index contributed by atoms with van der Waals surface area (Å²) in [5.41, 5.74) is 4.78. The predicted octanol–water partition coefficient (Wildman–Crippen LogP) is 3.26. The Hall–Kier alpha value is -4.01. The zero-order valence-corrected chi connectivity index (χ0v) is 21.9. The highest BCUT2D eigenvalue weighted by atomic mass is 16.5. The molecule has 0 bridgehead atoms. The number of nitrogens with one attached hydrogen (secondary N) is 1. The Morgan fingerprint density at radius 3 is 2.41 bits per heavy atom. The Kier molecular flexibility index (Phi) is 8.01. The van der Waals surface area contributed by atoms with Gasteiger partial charge in [-0.3, -0.25) is 19.3 Å². The maximum absolute atomic E-state index is 13.4. The first kappa shape index (κ1) is 26.1. The number of esters is 1. The third-order valence-electron chi connectivity index (χ3n) is 6.75. The number of hydrogen-bond acceptors (Lipinski definition) is 7. The molecule has 0 saturated carbocycles. The van der Waals surface area contributed by atoms with Crippen LogP contribution in [0, 0.1) is 13.8 Å². The normalized spacial score (nSPS) is 15.4. The fourth-order valence-electron chi connectivity index (χ4n) is 4.63. The number of ether oxygens (including phenoxy) is 2. The fraction of sp³-hybridized carbons (Fsp3) is 0.393. The van der Waals surface area contributed by atoms with Crippen LogP contribution in [0.5, 0.6) is 5.75 Å². The van der Waals surface area contributed by atoms with Gasteiger partial charge in [-0.1, -0.05) is 12.1 Å². The van der Waals surface area contributed by atoms with E-state index in [2.05, 4.69) is 10.2 Å². The van der Waals surface area contributed by atoms with Gasteiger partial charge in [-0.15, -0.1) is 0 Å². The summed E-state index contributed by atoms with van der Waals surface area (Å²) in [6.45, 7) is 8.28. The number of piperazine rings is 1. The van der Waals surface area contributed by atoms with Gasteiger partial charge in [0.15, 0.2) is 0 Å². The fourth-order valence-corrected chi connectivity index (χ4v) is 4.63. The van der Waals surface area contributed by atoms with Crippen molar-refractivity contribution in [2.75, 3.05) is 61.6 Å². The van der Waals surface area contributed by atoms with E-state index in [-0.39, 0.29) is 31.4 Å². The van der Waals surface area contributed by atoms with Gasteiger partial charge in [0.1, 0.15) is 12.3 Å². The number of aryl methyl sites for hydroxylation is 2. The Balaban J connectivity index is 1.51. The van der Waals surface area contributed by atoms with Gasteiger partial charge in [0.05, 0.1) is 37.2 Å². The third-order valence-corrected chi connectivity index (χ3v) is 6.75. The third kappa shape index (κ3) is 5.87. The Morgan fingerprint density at radius 1 is 1.00 bits per heavy atom. The molecule has 1 N–H and O–H groups in total. The number of carbonyl (C=O) groups excluding carboxylic acids is 3. The first-order valence-corrected chi connectivity index (χ1v) is 12.5. The molecule has 0 atom stereocenters. The molecule has 2 aliphatic heterocycles. The summed E-state index contributed by atoms with van der Waals surface area (Å²) in [4.78, 5) is 44.3. The van der Waals surface area contributed by atoms with Crippen LogP contribution < -0.4 is 19.9 Å². The van der Waals surface area contributed by atoms with Crippen molar-refractivity contribution >= 4 is 34.8 Å². The zero-order chi connectivity index (χ0) is 26.5. The molecule has 2 heterocycles. The van der Waals surface area contributed by atoms with Crippen LogP contribution >= 0.6 is 0 Å². The summed E-state index contributed by atoms with van der Waals surface area (Å²) in [6, 6.07) is 11.7. The van der Waals surface area contributed by atoms with Gasteiger partial charge < -0.3 is 24.6 Å². The summed E-state index contributed by atoms with van der Waals surface area (Å²) < 4.78 is 10.5. The molecule has 9 nitrogen and oxygen atoms in total. The molecule has 2 aliphatic rings. The van der Waals surface area contributed by atoms with Crippen molar-refractivity contribution in [2.45, 2.75) is 27.2 Å². The van der Waals surface area contributed by atoms with E-state index in [1.807, 2.05) is 50.2 Å². The molecular weight excluding hydrogens is 472 g/mol. The van der Waals surface area contributed by atoms with Crippen LogP contribution in [0.15, 0.2) is 48.2 Å². The molecule has 2 aromatic rings. The quantitative estimate of drug-likeness (QED) is 0.577. The minimum absolute atomic E-state index is 0.0569. The van der Waals surface area contributed by atoms with E-state index < -0.39 is 5.97 Å². The van der Waals surface area contributed by atoms with E-state index in [1.165, 1.54) is 11.0 Å². The summed E-state index contributed by atoms with van der Waals surface area (Å²) >= 11 is 0. The number of benzene rings is 2. The van der Waals surface area contributed by atoms with E-state index in [1.54, 1.807) is 18.9 Å². The number of anilines is 3. The Labute approximate surface area is 217 Å². The molecule has 1 saturated heterocycles. The van der Waals surface area contributed by atoms with E-state index in [0.29, 0.717) is 43.3 Å². The number of amides is 2. The number of fused-ring (bicyclic) bond motifs is 1. The number of methoxy groups -OCH3 is 1. The van der Waals surface area contributed by atoms with E-state index in [0.717, 1.165) is 22.6 Å². The van der Waals surface area contributed by atoms with Crippen LogP contribution in [-0.2, 0) is 19.1 Å². The molecule has 0 radical (unpaired) electrons. The van der Waals surface area contributed by atoms with Gasteiger partial charge in [0, 0.05) is 38.0 Å². The maximum Gasteiger partial charge on any atom is 0.311 e. The van der Waals surface area contributed by atoms with Crippen molar-refractivity contribution in [2.24, 2.45) is 0 Å². The lowest BCUT2D eigenvalue weighted by atomic mass is 10.1. The predicted molar refractivity (Wildman–Crippen MR) is 143 cm³/mol. The van der Waals surface area contributed by atoms with Crippen LogP contribution in [0.3, 0.4) is 0 Å². The van der Waals surface area contributed by atoms with E-state index >= 15 is 0 Å². The largest absolute Gasteiger partial charge is 0.495 e. The molecule has 2 amide bonds. The second-order valence-electron chi connectivity index (χ2n) is 9.19. The number of carbonyl (C=O) groups is 3. The smallest absolute Gasteiger partial charge is 0.311 e. The summed E-state index contributed by atoms with van der Waals surface area (Å²) in [6.07, 6.45) is 1.33. The van der Waals surface area contributed by atoms with Crippen molar-refractivity contribution in [3.8, 4) is 5.75 Å². The molecule has 0 aromatic heterocycles. The van der Waals surface area contributed by atoms with Crippen LogP contribution in [0.2, 0.25) is 0 Å². The van der Waals surface area contributed by atoms with Crippen molar-refractivity contribution in [1.82, 2.24) is 4.90 Å². The summed E-state index contributed by atoms with van der Waals surface area (Å²) in [5.74, 6) is -0.0937. The SMILES string of the molecule is CCOC(=O)CC1=CC(=O)N(CC(=O)N2CCN(c3ccccc3OC)CC2)c2cc(C)c(C)cc2N1. The van der Waals surface area contributed by atoms with Crippen molar-refractivity contribution in [1.29, 1.82) is 0 Å². The highest BCUT2D eigenvalue weighted by molar-refractivity contribution is 6.09. The molecule has 9 heteroatoms. The molecule has 0 spiro atoms. The second kappa shape index (κ2) is 11.4. The van der Waals surface area contributed by atoms with Crippen molar-refractivity contribution < 1.29 is 23.9 Å². The number of hydrogen-bond donors (Lipinski definition) is 1. The highest BCUT2D eigenvalue weighted by Crippen LogP contribution is 2.34. The molecule has 0 aliphatic carbocycles. The summed E-state index contributed by atoms with van der Waals surface area (Å²) in [5, 5.41) is 3.22. The van der Waals surface area contributed by atoms with Crippen LogP contribution in [0.4, 0.5) is 17.1 Å². The molecule has 196 valence electrons. The second-order valence-corrected chi connectivity index (χ2v) is 9.19. The number of rotatable bonds is 7. The first-order valence-electron chi connectivity index (χ1n) is 12.5. The van der Waals surface area contributed by atoms with E-state index in [9.17, 15) is 14.4 Å². The molecule has 2 aromatic carbocycles. The van der Waals surface area contributed by atoms with Crippen LogP contribution in [0.25, 0.3) is 0 Å². The maximum atomic E-state index is 13.4. The number of nitrogens with zero attached hydrogens (tertiary/aromatic N) is 3. The van der Waals surface area contributed by atoms with Gasteiger partial charge in [-0.2, -0.15) is 0 Å². The average Bonchev–Trinajstić information content (AvgIpc) is 3.00. The zero-order valence-electron chi connectivity index (χ0n) is 21.9. The summed E-state index contributed by atoms with van der Waals surface area (Å²) in [7, 11) is 1.65. The molecule has 4 rings (SSSR count). The number of para-hydroxylation sites is 2. The lowest BCUT2D eigenvalue weighted by Gasteiger charge is -2.37. The molecule has 37 heavy (non-hydrogen) atoms. The van der Waals surface area contributed by atoms with Gasteiger partial charge in [0.25, 0.3) is 5.91 Å². The van der Waals surface area contributed by atoms with Crippen LogP contribution in [-0.4, -0.2) is 69.1 Å². The molecule has 0 unspecified atom stereocenters. The minimum Gasteiger partial charge on any atom is -0.495 e. The molecule has 1 fully saturated rings. The Bertz CT molecular complexity index is 1220. The molecular formula is C28H34N4O5. The Morgan fingerprint density at radius 2 is 1.70 bits per heavy atom. The van der Waals surface area contributed by atoms with E-state index in [4.69, 9.17) is 9.47 Å². The minimum atomic E-state index is -0.420. The van der Waals surface area contributed by atoms with Crippen molar-refractivity contribution in [3.63, 3.8) is 0 Å². The van der Waals surface area contributed by atoms with Gasteiger partial charge >= 0.3 is 5.97 Å². The first-order chi connectivity index (χ1) is 17.8.